The highest BCUT2D eigenvalue weighted by molar-refractivity contribution is 7.91. The number of urea groups is 1. The largest absolute Gasteiger partial charge is 0.481 e. The summed E-state index contributed by atoms with van der Waals surface area (Å²) in [6, 6.07) is -1.07. The maximum atomic E-state index is 12.6. The molecule has 2 aliphatic rings. The molecule has 9 nitrogen and oxygen atoms in total. The smallest absolute Gasteiger partial charge is 0.331 e. The molecule has 0 aromatic carbocycles. The summed E-state index contributed by atoms with van der Waals surface area (Å²) >= 11 is 6.12. The number of alkyl halides is 1. The summed E-state index contributed by atoms with van der Waals surface area (Å²) in [5, 5.41) is 11.6. The lowest BCUT2D eigenvalue weighted by Crippen LogP contribution is -2.55. The number of carbonyl (C=O) groups excluding carboxylic acids is 1. The summed E-state index contributed by atoms with van der Waals surface area (Å²) in [6.45, 7) is 4.55. The molecule has 0 spiro atoms. The lowest BCUT2D eigenvalue weighted by atomic mass is 9.89. The minimum Gasteiger partial charge on any atom is -0.481 e. The number of hydrogen-bond donors (Lipinski definition) is 3. The summed E-state index contributed by atoms with van der Waals surface area (Å²) in [7, 11) is -4.37. The minimum atomic E-state index is -4.37. The third-order valence-corrected chi connectivity index (χ3v) is 6.65. The standard InChI is InChI=1S/C15H19ClN4O5S/c1-9-14(2,16)8-17-12(18-9)19-13(23)20-26(24,25)15(3)7-5-4-6-10(15)11(21)22/h4-8,10,12H,1-3H3,(H,21,22)(H2,19,20,23). The van der Waals surface area contributed by atoms with E-state index in [-0.39, 0.29) is 0 Å². The molecule has 0 saturated carbocycles. The number of carboxylic acid groups (broad SMARTS) is 1. The van der Waals surface area contributed by atoms with Crippen molar-refractivity contribution in [3.63, 3.8) is 0 Å². The lowest BCUT2D eigenvalue weighted by Gasteiger charge is -2.32. The fourth-order valence-electron chi connectivity index (χ4n) is 2.40. The van der Waals surface area contributed by atoms with E-state index in [9.17, 15) is 23.1 Å². The van der Waals surface area contributed by atoms with Crippen molar-refractivity contribution in [2.45, 2.75) is 36.7 Å². The molecule has 0 saturated heterocycles. The van der Waals surface area contributed by atoms with Crippen molar-refractivity contribution >= 4 is 45.6 Å². The van der Waals surface area contributed by atoms with E-state index >= 15 is 0 Å². The van der Waals surface area contributed by atoms with Gasteiger partial charge in [0.1, 0.15) is 9.62 Å². The third-order valence-electron chi connectivity index (χ3n) is 4.27. The Labute approximate surface area is 156 Å². The first-order chi connectivity index (χ1) is 11.9. The molecule has 2 rings (SSSR count). The highest BCUT2D eigenvalue weighted by atomic mass is 35.5. The molecule has 4 atom stereocenters. The van der Waals surface area contributed by atoms with Crippen LogP contribution in [0.2, 0.25) is 0 Å². The van der Waals surface area contributed by atoms with Crippen LogP contribution in [0, 0.1) is 5.92 Å². The van der Waals surface area contributed by atoms with E-state index < -0.39 is 43.9 Å². The molecule has 4 unspecified atom stereocenters. The Morgan fingerprint density at radius 1 is 1.31 bits per heavy atom. The van der Waals surface area contributed by atoms with Gasteiger partial charge in [-0.15, -0.1) is 11.6 Å². The number of rotatable bonds is 4. The maximum absolute atomic E-state index is 12.6. The first kappa shape index (κ1) is 20.1. The quantitative estimate of drug-likeness (QED) is 0.603. The molecule has 1 heterocycles. The summed E-state index contributed by atoms with van der Waals surface area (Å²) in [6.07, 6.45) is 5.69. The Morgan fingerprint density at radius 3 is 2.54 bits per heavy atom. The van der Waals surface area contributed by atoms with Crippen molar-refractivity contribution in [1.82, 2.24) is 10.0 Å². The first-order valence-corrected chi connectivity index (χ1v) is 9.45. The second kappa shape index (κ2) is 6.84. The molecule has 3 N–H and O–H groups in total. The summed E-state index contributed by atoms with van der Waals surface area (Å²) in [4.78, 5) is 30.6. The second-order valence-corrected chi connectivity index (χ2v) is 9.14. The number of aliphatic carboxylic acids is 1. The van der Waals surface area contributed by atoms with Crippen LogP contribution in [0.3, 0.4) is 0 Å². The molecular weight excluding hydrogens is 384 g/mol. The minimum absolute atomic E-state index is 0.501. The van der Waals surface area contributed by atoms with Crippen LogP contribution in [-0.2, 0) is 14.8 Å². The number of hydrogen-bond acceptors (Lipinski definition) is 6. The predicted octanol–water partition coefficient (Wildman–Crippen LogP) is 1.03. The van der Waals surface area contributed by atoms with Crippen LogP contribution in [0.25, 0.3) is 0 Å². The number of aliphatic imine (C=N–C) groups is 2. The van der Waals surface area contributed by atoms with E-state index in [4.69, 9.17) is 11.6 Å². The average Bonchev–Trinajstić information content (AvgIpc) is 2.50. The Balaban J connectivity index is 2.14. The maximum Gasteiger partial charge on any atom is 0.331 e. The van der Waals surface area contributed by atoms with Crippen molar-refractivity contribution in [2.75, 3.05) is 0 Å². The van der Waals surface area contributed by atoms with Gasteiger partial charge in [-0.3, -0.25) is 10.1 Å². The molecule has 2 amide bonds. The van der Waals surface area contributed by atoms with Crippen LogP contribution in [0.1, 0.15) is 20.8 Å². The van der Waals surface area contributed by atoms with Crippen molar-refractivity contribution in [1.29, 1.82) is 0 Å². The van der Waals surface area contributed by atoms with Crippen LogP contribution in [0.4, 0.5) is 4.79 Å². The topological polar surface area (TPSA) is 137 Å². The molecule has 11 heteroatoms. The normalized spacial score (nSPS) is 33.5. The number of nitrogens with one attached hydrogen (secondary N) is 2. The monoisotopic (exact) mass is 402 g/mol. The van der Waals surface area contributed by atoms with Crippen LogP contribution < -0.4 is 10.0 Å². The summed E-state index contributed by atoms with van der Waals surface area (Å²) in [5.74, 6) is -2.67. The van der Waals surface area contributed by atoms with Crippen molar-refractivity contribution < 1.29 is 23.1 Å². The van der Waals surface area contributed by atoms with Gasteiger partial charge >= 0.3 is 12.0 Å². The van der Waals surface area contributed by atoms with E-state index in [1.807, 2.05) is 4.72 Å². The molecule has 0 radical (unpaired) electrons. The van der Waals surface area contributed by atoms with Crippen LogP contribution in [0.15, 0.2) is 34.3 Å². The molecule has 142 valence electrons. The fraction of sp³-hybridized carbons (Fsp3) is 0.467. The van der Waals surface area contributed by atoms with Gasteiger partial charge < -0.3 is 5.11 Å². The zero-order valence-electron chi connectivity index (χ0n) is 14.3. The Morgan fingerprint density at radius 2 is 1.96 bits per heavy atom. The van der Waals surface area contributed by atoms with Gasteiger partial charge in [0.05, 0.1) is 5.92 Å². The second-order valence-electron chi connectivity index (χ2n) is 6.26. The van der Waals surface area contributed by atoms with E-state index in [0.29, 0.717) is 5.71 Å². The van der Waals surface area contributed by atoms with Gasteiger partial charge in [-0.25, -0.2) is 27.9 Å². The summed E-state index contributed by atoms with van der Waals surface area (Å²) < 4.78 is 25.2. The Kier molecular flexibility index (Phi) is 5.29. The predicted molar refractivity (Wildman–Crippen MR) is 98.0 cm³/mol. The first-order valence-electron chi connectivity index (χ1n) is 7.59. The molecule has 0 fully saturated rings. The lowest BCUT2D eigenvalue weighted by molar-refractivity contribution is -0.140. The molecule has 26 heavy (non-hydrogen) atoms. The highest BCUT2D eigenvalue weighted by Crippen LogP contribution is 2.32. The number of allylic oxidation sites excluding steroid dienone is 2. The van der Waals surface area contributed by atoms with Gasteiger partial charge in [-0.1, -0.05) is 24.3 Å². The average molecular weight is 403 g/mol. The third kappa shape index (κ3) is 3.80. The highest BCUT2D eigenvalue weighted by Gasteiger charge is 2.48. The number of halogens is 1. The van der Waals surface area contributed by atoms with Crippen molar-refractivity contribution in [3.05, 3.63) is 24.3 Å². The van der Waals surface area contributed by atoms with Crippen LogP contribution in [0.5, 0.6) is 0 Å². The zero-order valence-corrected chi connectivity index (χ0v) is 15.9. The molecule has 1 aliphatic heterocycles. The number of nitrogens with zero attached hydrogens (tertiary/aromatic N) is 2. The van der Waals surface area contributed by atoms with E-state index in [1.54, 1.807) is 13.8 Å². The number of carbonyl (C=O) groups is 2. The molecule has 0 bridgehead atoms. The number of sulfonamides is 1. The molecule has 1 aliphatic carbocycles. The molecular formula is C15H19ClN4O5S. The van der Waals surface area contributed by atoms with E-state index in [2.05, 4.69) is 15.3 Å². The Bertz CT molecular complexity index is 846. The fourth-order valence-corrected chi connectivity index (χ4v) is 3.80. The van der Waals surface area contributed by atoms with Gasteiger partial charge in [-0.05, 0) is 20.8 Å². The van der Waals surface area contributed by atoms with Gasteiger partial charge in [-0.2, -0.15) is 0 Å². The SMILES string of the molecule is CC1=NC(NC(=O)NS(=O)(=O)C2(C)C=CC=CC2C(=O)O)N=CC1(C)Cl. The molecule has 0 aromatic rings. The molecule has 0 aromatic heterocycles. The van der Waals surface area contributed by atoms with Gasteiger partial charge in [0.15, 0.2) is 0 Å². The van der Waals surface area contributed by atoms with Crippen LogP contribution >= 0.6 is 11.6 Å². The van der Waals surface area contributed by atoms with Crippen molar-refractivity contribution in [3.8, 4) is 0 Å². The number of carboxylic acids is 1. The Hall–Kier alpha value is -2.20. The van der Waals surface area contributed by atoms with Gasteiger partial charge in [0.25, 0.3) is 0 Å². The summed E-state index contributed by atoms with van der Waals surface area (Å²) in [5.41, 5.74) is 0.501. The number of amides is 2. The van der Waals surface area contributed by atoms with Gasteiger partial charge in [0, 0.05) is 11.9 Å². The zero-order chi connectivity index (χ0) is 19.8. The van der Waals surface area contributed by atoms with Crippen LogP contribution in [-0.4, -0.2) is 53.4 Å². The van der Waals surface area contributed by atoms with Crippen molar-refractivity contribution in [2.24, 2.45) is 15.9 Å². The van der Waals surface area contributed by atoms with E-state index in [0.717, 1.165) is 0 Å². The van der Waals surface area contributed by atoms with E-state index in [1.165, 1.54) is 37.4 Å². The van der Waals surface area contributed by atoms with Gasteiger partial charge in [0.2, 0.25) is 16.3 Å².